The first-order valence-electron chi connectivity index (χ1n) is 6.84. The molecule has 2 atom stereocenters. The number of aliphatic hydroxyl groups excluding tert-OH is 1. The highest BCUT2D eigenvalue weighted by molar-refractivity contribution is 6.37. The van der Waals surface area contributed by atoms with Crippen LogP contribution in [0.15, 0.2) is 18.2 Å². The number of amides is 1. The summed E-state index contributed by atoms with van der Waals surface area (Å²) in [5.41, 5.74) is 0. The second-order valence-corrected chi connectivity index (χ2v) is 5.72. The van der Waals surface area contributed by atoms with Gasteiger partial charge in [-0.25, -0.2) is 0 Å². The van der Waals surface area contributed by atoms with Crippen LogP contribution in [0.1, 0.15) is 12.8 Å². The Bertz CT molecular complexity index is 479. The molecule has 1 aromatic rings. The van der Waals surface area contributed by atoms with Crippen LogP contribution < -0.4 is 15.4 Å². The fourth-order valence-corrected chi connectivity index (χ4v) is 2.61. The zero-order chi connectivity index (χ0) is 15.2. The molecular formula is C14H18Cl2N2O3. The van der Waals surface area contributed by atoms with E-state index in [2.05, 4.69) is 10.6 Å². The lowest BCUT2D eigenvalue weighted by Gasteiger charge is -2.24. The summed E-state index contributed by atoms with van der Waals surface area (Å²) in [7, 11) is 0. The fourth-order valence-electron chi connectivity index (χ4n) is 2.10. The predicted molar refractivity (Wildman–Crippen MR) is 82.0 cm³/mol. The number of halogens is 2. The molecule has 1 aliphatic heterocycles. The summed E-state index contributed by atoms with van der Waals surface area (Å²) < 4.78 is 5.44. The summed E-state index contributed by atoms with van der Waals surface area (Å²) in [6.07, 6.45) is 0.952. The Morgan fingerprint density at radius 2 is 2.14 bits per heavy atom. The van der Waals surface area contributed by atoms with Gasteiger partial charge in [0.2, 0.25) is 5.91 Å². The van der Waals surface area contributed by atoms with Crippen LogP contribution >= 0.6 is 23.2 Å². The Morgan fingerprint density at radius 3 is 2.81 bits per heavy atom. The van der Waals surface area contributed by atoms with Gasteiger partial charge in [0.15, 0.2) is 5.75 Å². The third-order valence-electron chi connectivity index (χ3n) is 3.22. The molecule has 21 heavy (non-hydrogen) atoms. The van der Waals surface area contributed by atoms with Gasteiger partial charge in [-0.3, -0.25) is 4.79 Å². The van der Waals surface area contributed by atoms with Crippen LogP contribution in [-0.2, 0) is 4.79 Å². The van der Waals surface area contributed by atoms with E-state index in [0.717, 1.165) is 12.8 Å². The van der Waals surface area contributed by atoms with Crippen molar-refractivity contribution >= 4 is 29.1 Å². The molecule has 2 rings (SSSR count). The van der Waals surface area contributed by atoms with E-state index in [1.165, 1.54) is 0 Å². The van der Waals surface area contributed by atoms with Crippen LogP contribution in [0.2, 0.25) is 10.0 Å². The molecule has 0 saturated carbocycles. The molecule has 1 saturated heterocycles. The van der Waals surface area contributed by atoms with Crippen molar-refractivity contribution < 1.29 is 14.6 Å². The highest BCUT2D eigenvalue weighted by Crippen LogP contribution is 2.32. The van der Waals surface area contributed by atoms with Gasteiger partial charge < -0.3 is 20.5 Å². The van der Waals surface area contributed by atoms with Crippen molar-refractivity contribution in [2.24, 2.45) is 0 Å². The van der Waals surface area contributed by atoms with Crippen LogP contribution in [0.5, 0.6) is 5.75 Å². The number of rotatable bonds is 6. The molecular weight excluding hydrogens is 315 g/mol. The number of ether oxygens (including phenoxy) is 1. The van der Waals surface area contributed by atoms with Gasteiger partial charge in [0.25, 0.3) is 0 Å². The van der Waals surface area contributed by atoms with Crippen molar-refractivity contribution in [3.63, 3.8) is 0 Å². The molecule has 1 fully saturated rings. The van der Waals surface area contributed by atoms with Gasteiger partial charge in [0.05, 0.1) is 16.1 Å². The lowest BCUT2D eigenvalue weighted by atomic mass is 10.1. The number of carbonyl (C=O) groups excluding carboxylic acids is 1. The zero-order valence-corrected chi connectivity index (χ0v) is 13.0. The number of nitrogens with one attached hydrogen (secondary N) is 2. The maximum Gasteiger partial charge on any atom is 0.237 e. The fraction of sp³-hybridized carbons (Fsp3) is 0.500. The van der Waals surface area contributed by atoms with E-state index >= 15 is 0 Å². The van der Waals surface area contributed by atoms with Gasteiger partial charge in [-0.1, -0.05) is 29.3 Å². The molecule has 0 bridgehead atoms. The first-order valence-corrected chi connectivity index (χ1v) is 7.59. The SMILES string of the molecule is O=C1NCCCC1NCC(O)COc1c(Cl)cccc1Cl. The summed E-state index contributed by atoms with van der Waals surface area (Å²) >= 11 is 11.9. The second kappa shape index (κ2) is 7.84. The number of carbonyl (C=O) groups is 1. The van der Waals surface area contributed by atoms with Crippen LogP contribution in [-0.4, -0.2) is 42.9 Å². The van der Waals surface area contributed by atoms with Crippen molar-refractivity contribution in [2.75, 3.05) is 19.7 Å². The van der Waals surface area contributed by atoms with Crippen LogP contribution in [0.25, 0.3) is 0 Å². The number of aliphatic hydroxyl groups is 1. The van der Waals surface area contributed by atoms with E-state index in [-0.39, 0.29) is 25.1 Å². The van der Waals surface area contributed by atoms with E-state index in [4.69, 9.17) is 27.9 Å². The van der Waals surface area contributed by atoms with Gasteiger partial charge in [0.1, 0.15) is 12.7 Å². The Kier molecular flexibility index (Phi) is 6.11. The molecule has 1 aromatic carbocycles. The molecule has 0 aliphatic carbocycles. The lowest BCUT2D eigenvalue weighted by Crippen LogP contribution is -2.50. The summed E-state index contributed by atoms with van der Waals surface area (Å²) in [5.74, 6) is 0.332. The second-order valence-electron chi connectivity index (χ2n) is 4.91. The first kappa shape index (κ1) is 16.4. The van der Waals surface area contributed by atoms with E-state index in [9.17, 15) is 9.90 Å². The maximum absolute atomic E-state index is 11.6. The Morgan fingerprint density at radius 1 is 1.43 bits per heavy atom. The minimum absolute atomic E-state index is 0.0245. The van der Waals surface area contributed by atoms with Crippen LogP contribution in [0, 0.1) is 0 Å². The minimum Gasteiger partial charge on any atom is -0.488 e. The van der Waals surface area contributed by atoms with E-state index in [1.54, 1.807) is 18.2 Å². The van der Waals surface area contributed by atoms with E-state index < -0.39 is 6.10 Å². The topological polar surface area (TPSA) is 70.6 Å². The molecule has 5 nitrogen and oxygen atoms in total. The van der Waals surface area contributed by atoms with Gasteiger partial charge in [-0.05, 0) is 25.0 Å². The molecule has 7 heteroatoms. The number of benzene rings is 1. The summed E-state index contributed by atoms with van der Waals surface area (Å²) in [6.45, 7) is 1.03. The smallest absolute Gasteiger partial charge is 0.237 e. The molecule has 1 aliphatic rings. The number of hydrogen-bond acceptors (Lipinski definition) is 4. The quantitative estimate of drug-likeness (QED) is 0.740. The average Bonchev–Trinajstić information content (AvgIpc) is 2.46. The Balaban J connectivity index is 1.77. The maximum atomic E-state index is 11.6. The summed E-state index contributed by atoms with van der Waals surface area (Å²) in [6, 6.07) is 4.80. The van der Waals surface area contributed by atoms with Crippen molar-refractivity contribution in [3.8, 4) is 5.75 Å². The van der Waals surface area contributed by atoms with Crippen molar-refractivity contribution in [1.82, 2.24) is 10.6 Å². The first-order chi connectivity index (χ1) is 10.1. The van der Waals surface area contributed by atoms with Crippen molar-refractivity contribution in [1.29, 1.82) is 0 Å². The third kappa shape index (κ3) is 4.74. The minimum atomic E-state index is -0.757. The zero-order valence-electron chi connectivity index (χ0n) is 11.4. The number of para-hydroxylation sites is 1. The molecule has 2 unspecified atom stereocenters. The third-order valence-corrected chi connectivity index (χ3v) is 3.82. The lowest BCUT2D eigenvalue weighted by molar-refractivity contribution is -0.124. The van der Waals surface area contributed by atoms with Gasteiger partial charge >= 0.3 is 0 Å². The molecule has 1 amide bonds. The standard InChI is InChI=1S/C14H18Cl2N2O3/c15-10-3-1-4-11(16)13(10)21-8-9(19)7-18-12-5-2-6-17-14(12)20/h1,3-4,9,12,18-19H,2,5-8H2,(H,17,20). The molecule has 0 radical (unpaired) electrons. The molecule has 3 N–H and O–H groups in total. The van der Waals surface area contributed by atoms with Gasteiger partial charge in [-0.2, -0.15) is 0 Å². The van der Waals surface area contributed by atoms with Gasteiger partial charge in [0, 0.05) is 13.1 Å². The van der Waals surface area contributed by atoms with Crippen molar-refractivity contribution in [3.05, 3.63) is 28.2 Å². The van der Waals surface area contributed by atoms with Crippen LogP contribution in [0.3, 0.4) is 0 Å². The number of hydrogen-bond donors (Lipinski definition) is 3. The monoisotopic (exact) mass is 332 g/mol. The number of piperidine rings is 1. The predicted octanol–water partition coefficient (Wildman–Crippen LogP) is 1.60. The highest BCUT2D eigenvalue weighted by Gasteiger charge is 2.22. The normalized spacial score (nSPS) is 20.0. The molecule has 0 aromatic heterocycles. The summed E-state index contributed by atoms with van der Waals surface area (Å²) in [4.78, 5) is 11.6. The highest BCUT2D eigenvalue weighted by atomic mass is 35.5. The van der Waals surface area contributed by atoms with Gasteiger partial charge in [-0.15, -0.1) is 0 Å². The summed E-state index contributed by atoms with van der Waals surface area (Å²) in [5, 5.41) is 16.5. The molecule has 1 heterocycles. The molecule has 116 valence electrons. The largest absolute Gasteiger partial charge is 0.488 e. The van der Waals surface area contributed by atoms with Crippen molar-refractivity contribution in [2.45, 2.75) is 25.0 Å². The Labute approximate surface area is 133 Å². The molecule has 0 spiro atoms. The Hall–Kier alpha value is -1.01. The van der Waals surface area contributed by atoms with E-state index in [0.29, 0.717) is 22.3 Å². The average molecular weight is 333 g/mol. The van der Waals surface area contributed by atoms with E-state index in [1.807, 2.05) is 0 Å². The van der Waals surface area contributed by atoms with Crippen LogP contribution in [0.4, 0.5) is 0 Å².